The number of para-hydroxylation sites is 1. The second-order valence-corrected chi connectivity index (χ2v) is 3.81. The summed E-state index contributed by atoms with van der Waals surface area (Å²) in [4.78, 5) is 11.7. The fourth-order valence-corrected chi connectivity index (χ4v) is 1.75. The van der Waals surface area contributed by atoms with E-state index in [1.165, 1.54) is 0 Å². The van der Waals surface area contributed by atoms with Gasteiger partial charge < -0.3 is 15.7 Å². The van der Waals surface area contributed by atoms with Crippen LogP contribution in [0.4, 0.5) is 0 Å². The Hall–Kier alpha value is -1.55. The molecule has 0 saturated carbocycles. The smallest absolute Gasteiger partial charge is 0.242 e. The molecule has 15 heavy (non-hydrogen) atoms. The second kappa shape index (κ2) is 3.90. The lowest BCUT2D eigenvalue weighted by Crippen LogP contribution is -2.52. The van der Waals surface area contributed by atoms with Gasteiger partial charge in [0.25, 0.3) is 0 Å². The molecule has 1 aliphatic heterocycles. The van der Waals surface area contributed by atoms with E-state index in [1.54, 1.807) is 18.2 Å². The Morgan fingerprint density at radius 3 is 2.80 bits per heavy atom. The molecule has 3 N–H and O–H groups in total. The normalized spacial score (nSPS) is 26.1. The van der Waals surface area contributed by atoms with Gasteiger partial charge in [-0.2, -0.15) is 0 Å². The van der Waals surface area contributed by atoms with Crippen LogP contribution in [0.25, 0.3) is 0 Å². The highest BCUT2D eigenvalue weighted by molar-refractivity contribution is 5.84. The molecular weight excluding hydrogens is 192 g/mol. The third-order valence-electron chi connectivity index (χ3n) is 2.53. The summed E-state index contributed by atoms with van der Waals surface area (Å²) in [7, 11) is 0. The van der Waals surface area contributed by atoms with E-state index in [0.717, 1.165) is 0 Å². The Bertz CT molecular complexity index is 379. The van der Waals surface area contributed by atoms with E-state index in [4.69, 9.17) is 0 Å². The van der Waals surface area contributed by atoms with E-state index < -0.39 is 6.04 Å². The van der Waals surface area contributed by atoms with Crippen molar-refractivity contribution in [2.45, 2.75) is 19.0 Å². The highest BCUT2D eigenvalue weighted by Crippen LogP contribution is 2.24. The first-order chi connectivity index (χ1) is 7.18. The van der Waals surface area contributed by atoms with Gasteiger partial charge in [0.15, 0.2) is 0 Å². The van der Waals surface area contributed by atoms with Gasteiger partial charge in [-0.1, -0.05) is 18.2 Å². The first-order valence-electron chi connectivity index (χ1n) is 5.00. The van der Waals surface area contributed by atoms with Gasteiger partial charge in [0, 0.05) is 18.2 Å². The summed E-state index contributed by atoms with van der Waals surface area (Å²) in [6.07, 6.45) is 0. The van der Waals surface area contributed by atoms with E-state index in [-0.39, 0.29) is 17.7 Å². The minimum Gasteiger partial charge on any atom is -0.508 e. The Balaban J connectivity index is 2.24. The number of carbonyl (C=O) groups excluding carboxylic acids is 1. The van der Waals surface area contributed by atoms with Crippen LogP contribution in [-0.4, -0.2) is 23.6 Å². The van der Waals surface area contributed by atoms with Crippen molar-refractivity contribution in [3.63, 3.8) is 0 Å². The Morgan fingerprint density at radius 2 is 2.13 bits per heavy atom. The molecule has 0 bridgehead atoms. The van der Waals surface area contributed by atoms with Crippen molar-refractivity contribution in [1.82, 2.24) is 10.6 Å². The zero-order chi connectivity index (χ0) is 10.8. The lowest BCUT2D eigenvalue weighted by atomic mass is 10.0. The molecule has 0 radical (unpaired) electrons. The SMILES string of the molecule is CC1CNC(c2ccccc2O)C(=O)N1. The molecule has 1 fully saturated rings. The third kappa shape index (κ3) is 1.94. The molecule has 1 aliphatic rings. The van der Waals surface area contributed by atoms with Gasteiger partial charge in [0.05, 0.1) is 0 Å². The van der Waals surface area contributed by atoms with E-state index >= 15 is 0 Å². The summed E-state index contributed by atoms with van der Waals surface area (Å²) >= 11 is 0. The molecule has 80 valence electrons. The summed E-state index contributed by atoms with van der Waals surface area (Å²) in [6.45, 7) is 2.65. The molecule has 2 unspecified atom stereocenters. The lowest BCUT2D eigenvalue weighted by molar-refractivity contribution is -0.125. The van der Waals surface area contributed by atoms with Crippen LogP contribution in [0.15, 0.2) is 24.3 Å². The molecule has 2 rings (SSSR count). The van der Waals surface area contributed by atoms with Crippen molar-refractivity contribution >= 4 is 5.91 Å². The molecular formula is C11H14N2O2. The quantitative estimate of drug-likeness (QED) is 0.628. The number of piperazine rings is 1. The van der Waals surface area contributed by atoms with Gasteiger partial charge in [-0.15, -0.1) is 0 Å². The molecule has 4 nitrogen and oxygen atoms in total. The maximum atomic E-state index is 11.7. The van der Waals surface area contributed by atoms with E-state index in [1.807, 2.05) is 13.0 Å². The van der Waals surface area contributed by atoms with Crippen molar-refractivity contribution in [2.75, 3.05) is 6.54 Å². The van der Waals surface area contributed by atoms with Crippen LogP contribution in [0.3, 0.4) is 0 Å². The number of aromatic hydroxyl groups is 1. The van der Waals surface area contributed by atoms with Gasteiger partial charge in [-0.25, -0.2) is 0 Å². The van der Waals surface area contributed by atoms with Crippen LogP contribution in [-0.2, 0) is 4.79 Å². The highest BCUT2D eigenvalue weighted by Gasteiger charge is 2.27. The minimum absolute atomic E-state index is 0.0877. The summed E-state index contributed by atoms with van der Waals surface area (Å²) in [5.41, 5.74) is 0.627. The number of amides is 1. The molecule has 1 amide bonds. The average Bonchev–Trinajstić information content (AvgIpc) is 2.20. The second-order valence-electron chi connectivity index (χ2n) is 3.81. The largest absolute Gasteiger partial charge is 0.508 e. The Kier molecular flexibility index (Phi) is 2.60. The monoisotopic (exact) mass is 206 g/mol. The standard InChI is InChI=1S/C11H14N2O2/c1-7-6-12-10(11(15)13-7)8-4-2-3-5-9(8)14/h2-5,7,10,12,14H,6H2,1H3,(H,13,15). The summed E-state index contributed by atoms with van der Waals surface area (Å²) < 4.78 is 0. The van der Waals surface area contributed by atoms with Gasteiger partial charge in [-0.05, 0) is 13.0 Å². The fourth-order valence-electron chi connectivity index (χ4n) is 1.75. The number of hydrogen-bond acceptors (Lipinski definition) is 3. The third-order valence-corrected chi connectivity index (χ3v) is 2.53. The van der Waals surface area contributed by atoms with Crippen LogP contribution in [0.5, 0.6) is 5.75 Å². The summed E-state index contributed by atoms with van der Waals surface area (Å²) in [6, 6.07) is 6.58. The summed E-state index contributed by atoms with van der Waals surface area (Å²) in [5.74, 6) is 0.0648. The number of rotatable bonds is 1. The molecule has 0 aromatic heterocycles. The predicted octanol–water partition coefficient (Wildman–Crippen LogP) is 0.541. The molecule has 1 aromatic carbocycles. The van der Waals surface area contributed by atoms with Crippen LogP contribution in [0, 0.1) is 0 Å². The van der Waals surface area contributed by atoms with Crippen LogP contribution in [0.2, 0.25) is 0 Å². The zero-order valence-corrected chi connectivity index (χ0v) is 8.53. The number of carbonyl (C=O) groups is 1. The number of phenols is 1. The Morgan fingerprint density at radius 1 is 1.40 bits per heavy atom. The number of nitrogens with one attached hydrogen (secondary N) is 2. The molecule has 1 heterocycles. The van der Waals surface area contributed by atoms with Crippen LogP contribution in [0.1, 0.15) is 18.5 Å². The molecule has 2 atom stereocenters. The molecule has 1 aromatic rings. The van der Waals surface area contributed by atoms with Gasteiger partial charge in [0.2, 0.25) is 5.91 Å². The van der Waals surface area contributed by atoms with Crippen molar-refractivity contribution in [2.24, 2.45) is 0 Å². The average molecular weight is 206 g/mol. The van der Waals surface area contributed by atoms with Crippen molar-refractivity contribution in [3.05, 3.63) is 29.8 Å². The molecule has 4 heteroatoms. The minimum atomic E-state index is -0.442. The maximum Gasteiger partial charge on any atom is 0.242 e. The van der Waals surface area contributed by atoms with E-state index in [9.17, 15) is 9.90 Å². The number of phenolic OH excluding ortho intramolecular Hbond substituents is 1. The van der Waals surface area contributed by atoms with E-state index in [2.05, 4.69) is 10.6 Å². The van der Waals surface area contributed by atoms with Gasteiger partial charge in [-0.3, -0.25) is 4.79 Å². The number of hydrogen-bond donors (Lipinski definition) is 3. The molecule has 1 saturated heterocycles. The fraction of sp³-hybridized carbons (Fsp3) is 0.364. The Labute approximate surface area is 88.3 Å². The summed E-state index contributed by atoms with van der Waals surface area (Å²) in [5, 5.41) is 15.6. The van der Waals surface area contributed by atoms with Gasteiger partial charge >= 0.3 is 0 Å². The highest BCUT2D eigenvalue weighted by atomic mass is 16.3. The molecule has 0 aliphatic carbocycles. The van der Waals surface area contributed by atoms with E-state index in [0.29, 0.717) is 12.1 Å². The first kappa shape index (κ1) is 9.98. The zero-order valence-electron chi connectivity index (χ0n) is 8.53. The van der Waals surface area contributed by atoms with Crippen molar-refractivity contribution in [3.8, 4) is 5.75 Å². The van der Waals surface area contributed by atoms with Crippen LogP contribution < -0.4 is 10.6 Å². The van der Waals surface area contributed by atoms with Crippen LogP contribution >= 0.6 is 0 Å². The van der Waals surface area contributed by atoms with Gasteiger partial charge in [0.1, 0.15) is 11.8 Å². The molecule has 0 spiro atoms. The maximum absolute atomic E-state index is 11.7. The van der Waals surface area contributed by atoms with Crippen molar-refractivity contribution < 1.29 is 9.90 Å². The van der Waals surface area contributed by atoms with Crippen molar-refractivity contribution in [1.29, 1.82) is 0 Å². The number of benzene rings is 1. The first-order valence-corrected chi connectivity index (χ1v) is 5.00. The predicted molar refractivity (Wildman–Crippen MR) is 56.5 cm³/mol. The lowest BCUT2D eigenvalue weighted by Gasteiger charge is -2.28. The topological polar surface area (TPSA) is 61.4 Å².